The van der Waals surface area contributed by atoms with Gasteiger partial charge in [-0.15, -0.1) is 0 Å². The molecule has 0 aromatic carbocycles. The van der Waals surface area contributed by atoms with E-state index in [2.05, 4.69) is 25.9 Å². The second-order valence-corrected chi connectivity index (χ2v) is 4.94. The van der Waals surface area contributed by atoms with Gasteiger partial charge in [-0.2, -0.15) is 0 Å². The molecule has 0 amide bonds. The fraction of sp³-hybridized carbons (Fsp3) is 0. The van der Waals surface area contributed by atoms with Crippen LogP contribution in [0.15, 0.2) is 22.0 Å². The average Bonchev–Trinajstić information content (AvgIpc) is 1.86. The molecule has 0 atom stereocenters. The van der Waals surface area contributed by atoms with Crippen LogP contribution >= 0.6 is 26.6 Å². The van der Waals surface area contributed by atoms with Crippen LogP contribution in [0, 0.1) is 0 Å². The Bertz CT molecular complexity index is 349. The topological polar surface area (TPSA) is 59.9 Å². The number of aromatic nitrogens is 2. The molecule has 1 aromatic heterocycles. The van der Waals surface area contributed by atoms with Crippen molar-refractivity contribution in [2.24, 2.45) is 0 Å². The summed E-state index contributed by atoms with van der Waals surface area (Å²) >= 11 is 3.00. The van der Waals surface area contributed by atoms with Crippen LogP contribution in [0.1, 0.15) is 0 Å². The molecule has 7 heteroatoms. The summed E-state index contributed by atoms with van der Waals surface area (Å²) in [6.45, 7) is 0. The number of rotatable bonds is 1. The molecule has 60 valence electrons. The minimum atomic E-state index is -3.74. The molecular formula is C4H2BrClN2O2S. The van der Waals surface area contributed by atoms with Crippen molar-refractivity contribution < 1.29 is 8.42 Å². The van der Waals surface area contributed by atoms with E-state index in [-0.39, 0.29) is 5.03 Å². The summed E-state index contributed by atoms with van der Waals surface area (Å²) < 4.78 is 21.6. The van der Waals surface area contributed by atoms with E-state index in [1.165, 1.54) is 6.20 Å². The molecule has 0 spiro atoms. The van der Waals surface area contributed by atoms with Crippen LogP contribution in [0.4, 0.5) is 0 Å². The number of hydrogen-bond acceptors (Lipinski definition) is 4. The number of halogens is 2. The summed E-state index contributed by atoms with van der Waals surface area (Å²) in [5.74, 6) is 0. The van der Waals surface area contributed by atoms with E-state index in [0.717, 1.165) is 6.20 Å². The molecule has 0 aliphatic carbocycles. The van der Waals surface area contributed by atoms with Crippen molar-refractivity contribution >= 4 is 35.7 Å². The SMILES string of the molecule is O=S(=O)(Cl)c1cnc(Br)cn1. The maximum absolute atomic E-state index is 10.6. The van der Waals surface area contributed by atoms with Gasteiger partial charge in [0.05, 0.1) is 12.4 Å². The second kappa shape index (κ2) is 3.04. The largest absolute Gasteiger partial charge is 0.280 e. The second-order valence-electron chi connectivity index (χ2n) is 1.62. The van der Waals surface area contributed by atoms with E-state index in [1.807, 2.05) is 0 Å². The van der Waals surface area contributed by atoms with Crippen molar-refractivity contribution in [1.29, 1.82) is 0 Å². The van der Waals surface area contributed by atoms with Gasteiger partial charge in [0.2, 0.25) is 0 Å². The van der Waals surface area contributed by atoms with Crippen molar-refractivity contribution in [2.45, 2.75) is 5.03 Å². The Morgan fingerprint density at radius 1 is 1.36 bits per heavy atom. The van der Waals surface area contributed by atoms with E-state index in [0.29, 0.717) is 4.60 Å². The molecule has 0 aliphatic heterocycles. The molecular weight excluding hydrogens is 255 g/mol. The Morgan fingerprint density at radius 3 is 2.36 bits per heavy atom. The third kappa shape index (κ3) is 2.39. The molecule has 1 heterocycles. The first kappa shape index (κ1) is 8.89. The third-order valence-corrected chi connectivity index (χ3v) is 2.44. The number of hydrogen-bond donors (Lipinski definition) is 0. The van der Waals surface area contributed by atoms with Gasteiger partial charge in [-0.3, -0.25) is 0 Å². The first-order valence-corrected chi connectivity index (χ1v) is 5.52. The van der Waals surface area contributed by atoms with Crippen LogP contribution in [0.2, 0.25) is 0 Å². The van der Waals surface area contributed by atoms with Crippen LogP contribution in [-0.4, -0.2) is 18.4 Å². The molecule has 11 heavy (non-hydrogen) atoms. The fourth-order valence-corrected chi connectivity index (χ4v) is 1.23. The molecule has 0 saturated carbocycles. The Hall–Kier alpha value is -0.200. The molecule has 0 fully saturated rings. The molecule has 0 aliphatic rings. The lowest BCUT2D eigenvalue weighted by Crippen LogP contribution is -1.95. The fourth-order valence-electron chi connectivity index (χ4n) is 0.426. The van der Waals surface area contributed by atoms with E-state index < -0.39 is 9.05 Å². The Balaban J connectivity index is 3.20. The van der Waals surface area contributed by atoms with Gasteiger partial charge in [-0.1, -0.05) is 0 Å². The van der Waals surface area contributed by atoms with Gasteiger partial charge >= 0.3 is 0 Å². The summed E-state index contributed by atoms with van der Waals surface area (Å²) in [7, 11) is 1.22. The van der Waals surface area contributed by atoms with Gasteiger partial charge in [0.1, 0.15) is 4.60 Å². The van der Waals surface area contributed by atoms with Crippen molar-refractivity contribution in [3.8, 4) is 0 Å². The zero-order valence-corrected chi connectivity index (χ0v) is 8.19. The molecule has 1 aromatic rings. The maximum Gasteiger partial charge on any atom is 0.280 e. The molecule has 0 saturated heterocycles. The lowest BCUT2D eigenvalue weighted by molar-refractivity contribution is 0.605. The van der Waals surface area contributed by atoms with Gasteiger partial charge in [-0.05, 0) is 15.9 Å². The molecule has 0 bridgehead atoms. The van der Waals surface area contributed by atoms with Gasteiger partial charge < -0.3 is 0 Å². The van der Waals surface area contributed by atoms with Crippen molar-refractivity contribution in [3.05, 3.63) is 17.0 Å². The monoisotopic (exact) mass is 256 g/mol. The molecule has 0 unspecified atom stereocenters. The Kier molecular flexibility index (Phi) is 2.46. The molecule has 4 nitrogen and oxygen atoms in total. The maximum atomic E-state index is 10.6. The minimum absolute atomic E-state index is 0.248. The highest BCUT2D eigenvalue weighted by atomic mass is 79.9. The van der Waals surface area contributed by atoms with Crippen LogP contribution in [0.5, 0.6) is 0 Å². The highest BCUT2D eigenvalue weighted by Gasteiger charge is 2.10. The quantitative estimate of drug-likeness (QED) is 0.709. The van der Waals surface area contributed by atoms with Crippen LogP contribution in [-0.2, 0) is 9.05 Å². The van der Waals surface area contributed by atoms with Crippen LogP contribution in [0.25, 0.3) is 0 Å². The lowest BCUT2D eigenvalue weighted by Gasteiger charge is -1.92. The average molecular weight is 257 g/mol. The highest BCUT2D eigenvalue weighted by molar-refractivity contribution is 9.10. The first-order chi connectivity index (χ1) is 5.00. The smallest absolute Gasteiger partial charge is 0.245 e. The lowest BCUT2D eigenvalue weighted by atomic mass is 10.8. The molecule has 0 radical (unpaired) electrons. The van der Waals surface area contributed by atoms with Crippen molar-refractivity contribution in [2.75, 3.05) is 0 Å². The minimum Gasteiger partial charge on any atom is -0.245 e. The summed E-state index contributed by atoms with van der Waals surface area (Å²) in [5.41, 5.74) is 0. The summed E-state index contributed by atoms with van der Waals surface area (Å²) in [5, 5.41) is -0.248. The first-order valence-electron chi connectivity index (χ1n) is 2.42. The standard InChI is InChI=1S/C4H2BrClN2O2S/c5-3-1-8-4(2-7-3)11(6,9)10/h1-2H. The molecule has 0 N–H and O–H groups in total. The highest BCUT2D eigenvalue weighted by Crippen LogP contribution is 2.11. The zero-order valence-electron chi connectivity index (χ0n) is 5.03. The van der Waals surface area contributed by atoms with Crippen molar-refractivity contribution in [1.82, 2.24) is 9.97 Å². The third-order valence-electron chi connectivity index (χ3n) is 0.846. The normalized spacial score (nSPS) is 11.5. The van der Waals surface area contributed by atoms with Gasteiger partial charge in [-0.25, -0.2) is 18.4 Å². The van der Waals surface area contributed by atoms with E-state index in [4.69, 9.17) is 10.7 Å². The van der Waals surface area contributed by atoms with Crippen LogP contribution in [0.3, 0.4) is 0 Å². The van der Waals surface area contributed by atoms with Crippen molar-refractivity contribution in [3.63, 3.8) is 0 Å². The van der Waals surface area contributed by atoms with Gasteiger partial charge in [0.25, 0.3) is 9.05 Å². The van der Waals surface area contributed by atoms with E-state index in [9.17, 15) is 8.42 Å². The van der Waals surface area contributed by atoms with Crippen LogP contribution < -0.4 is 0 Å². The summed E-state index contributed by atoms with van der Waals surface area (Å²) in [4.78, 5) is 7.16. The van der Waals surface area contributed by atoms with E-state index in [1.54, 1.807) is 0 Å². The van der Waals surface area contributed by atoms with Gasteiger partial charge in [0, 0.05) is 10.7 Å². The Labute approximate surface area is 76.2 Å². The predicted molar refractivity (Wildman–Crippen MR) is 42.8 cm³/mol. The zero-order chi connectivity index (χ0) is 8.48. The number of nitrogens with zero attached hydrogens (tertiary/aromatic N) is 2. The summed E-state index contributed by atoms with van der Waals surface area (Å²) in [6, 6.07) is 0. The summed E-state index contributed by atoms with van der Waals surface area (Å²) in [6.07, 6.45) is 2.34. The predicted octanol–water partition coefficient (Wildman–Crippen LogP) is 1.17. The molecule has 1 rings (SSSR count). The van der Waals surface area contributed by atoms with Gasteiger partial charge in [0.15, 0.2) is 5.03 Å². The Morgan fingerprint density at radius 2 is 2.00 bits per heavy atom. The van der Waals surface area contributed by atoms with E-state index >= 15 is 0 Å².